The number of aryl methyl sites for hydroxylation is 1. The van der Waals surface area contributed by atoms with Crippen molar-refractivity contribution >= 4 is 0 Å². The minimum Gasteiger partial charge on any atom is -0.385 e. The molecule has 0 saturated heterocycles. The fourth-order valence-electron chi connectivity index (χ4n) is 0.766. The lowest BCUT2D eigenvalue weighted by molar-refractivity contribution is 0.148. The molecule has 5 nitrogen and oxygen atoms in total. The number of hydrogen-bond acceptors (Lipinski definition) is 4. The summed E-state index contributed by atoms with van der Waals surface area (Å²) in [5.41, 5.74) is 5.97. The molecule has 2 atom stereocenters. The maximum atomic E-state index is 9.37. The van der Waals surface area contributed by atoms with E-state index in [4.69, 9.17) is 5.73 Å². The van der Waals surface area contributed by atoms with Crippen LogP contribution in [0.1, 0.15) is 18.7 Å². The summed E-state index contributed by atoms with van der Waals surface area (Å²) >= 11 is 0. The Labute approximate surface area is 64.8 Å². The highest BCUT2D eigenvalue weighted by atomic mass is 16.3. The first-order chi connectivity index (χ1) is 5.11. The number of aromatic nitrogens is 3. The molecule has 0 aliphatic carbocycles. The molecule has 1 aromatic heterocycles. The lowest BCUT2D eigenvalue weighted by Gasteiger charge is -2.09. The van der Waals surface area contributed by atoms with Crippen LogP contribution in [0.4, 0.5) is 0 Å². The summed E-state index contributed by atoms with van der Waals surface area (Å²) in [6.45, 7) is 1.72. The summed E-state index contributed by atoms with van der Waals surface area (Å²) in [4.78, 5) is 1.39. The van der Waals surface area contributed by atoms with Gasteiger partial charge in [-0.15, -0.1) is 0 Å². The average Bonchev–Trinajstić information content (AvgIpc) is 2.34. The zero-order valence-electron chi connectivity index (χ0n) is 6.60. The molecule has 0 bridgehead atoms. The largest absolute Gasteiger partial charge is 0.385 e. The van der Waals surface area contributed by atoms with Gasteiger partial charge in [-0.05, 0) is 6.92 Å². The van der Waals surface area contributed by atoms with Crippen LogP contribution in [0, 0.1) is 0 Å². The molecule has 62 valence electrons. The SMILES string of the molecule is CC(N)C(O)c1cnn(C)n1. The quantitative estimate of drug-likeness (QED) is 0.587. The van der Waals surface area contributed by atoms with Crippen LogP contribution in [0.5, 0.6) is 0 Å². The normalized spacial score (nSPS) is 16.4. The average molecular weight is 156 g/mol. The van der Waals surface area contributed by atoms with Gasteiger partial charge in [0.15, 0.2) is 0 Å². The summed E-state index contributed by atoms with van der Waals surface area (Å²) in [5.74, 6) is 0. The van der Waals surface area contributed by atoms with Gasteiger partial charge in [-0.2, -0.15) is 15.0 Å². The van der Waals surface area contributed by atoms with Gasteiger partial charge in [0.05, 0.1) is 6.20 Å². The number of hydrogen-bond donors (Lipinski definition) is 2. The van der Waals surface area contributed by atoms with Crippen LogP contribution in [0.3, 0.4) is 0 Å². The number of aliphatic hydroxyl groups excluding tert-OH is 1. The Hall–Kier alpha value is -0.940. The van der Waals surface area contributed by atoms with Crippen LogP contribution >= 0.6 is 0 Å². The first-order valence-electron chi connectivity index (χ1n) is 3.41. The Bertz CT molecular complexity index is 232. The van der Waals surface area contributed by atoms with E-state index in [1.54, 1.807) is 14.0 Å². The summed E-state index contributed by atoms with van der Waals surface area (Å²) < 4.78 is 0. The summed E-state index contributed by atoms with van der Waals surface area (Å²) in [5, 5.41) is 17.1. The van der Waals surface area contributed by atoms with Crippen molar-refractivity contribution in [2.24, 2.45) is 12.8 Å². The Morgan fingerprint density at radius 1 is 1.73 bits per heavy atom. The molecule has 11 heavy (non-hydrogen) atoms. The Morgan fingerprint density at radius 2 is 2.36 bits per heavy atom. The van der Waals surface area contributed by atoms with Crippen molar-refractivity contribution in [1.29, 1.82) is 0 Å². The van der Waals surface area contributed by atoms with Crippen LogP contribution in [-0.2, 0) is 7.05 Å². The minimum atomic E-state index is -0.719. The number of aliphatic hydroxyl groups is 1. The van der Waals surface area contributed by atoms with Gasteiger partial charge < -0.3 is 10.8 Å². The molecule has 0 amide bonds. The fourth-order valence-corrected chi connectivity index (χ4v) is 0.766. The Kier molecular flexibility index (Phi) is 2.21. The molecule has 0 aliphatic rings. The predicted octanol–water partition coefficient (Wildman–Crippen LogP) is -0.804. The molecule has 0 fully saturated rings. The smallest absolute Gasteiger partial charge is 0.114 e. The molecule has 0 saturated carbocycles. The minimum absolute atomic E-state index is 0.313. The van der Waals surface area contributed by atoms with Crippen molar-refractivity contribution in [1.82, 2.24) is 15.0 Å². The third kappa shape index (κ3) is 1.75. The van der Waals surface area contributed by atoms with Crippen molar-refractivity contribution in [2.45, 2.75) is 19.1 Å². The highest BCUT2D eigenvalue weighted by Gasteiger charge is 2.14. The van der Waals surface area contributed by atoms with E-state index in [0.717, 1.165) is 0 Å². The van der Waals surface area contributed by atoms with E-state index in [1.807, 2.05) is 0 Å². The van der Waals surface area contributed by atoms with E-state index in [2.05, 4.69) is 10.2 Å². The van der Waals surface area contributed by atoms with Gasteiger partial charge in [0.2, 0.25) is 0 Å². The van der Waals surface area contributed by atoms with Gasteiger partial charge in [-0.1, -0.05) is 0 Å². The molecule has 1 aromatic rings. The molecule has 0 aliphatic heterocycles. The second-order valence-corrected chi connectivity index (χ2v) is 2.56. The van der Waals surface area contributed by atoms with Gasteiger partial charge in [0.25, 0.3) is 0 Å². The van der Waals surface area contributed by atoms with Crippen LogP contribution in [0.15, 0.2) is 6.20 Å². The fraction of sp³-hybridized carbons (Fsp3) is 0.667. The molecular weight excluding hydrogens is 144 g/mol. The molecule has 1 heterocycles. The van der Waals surface area contributed by atoms with Crippen molar-refractivity contribution in [3.05, 3.63) is 11.9 Å². The lowest BCUT2D eigenvalue weighted by Crippen LogP contribution is -2.24. The number of nitrogens with zero attached hydrogens (tertiary/aromatic N) is 3. The van der Waals surface area contributed by atoms with E-state index in [1.165, 1.54) is 11.0 Å². The van der Waals surface area contributed by atoms with Crippen molar-refractivity contribution in [3.8, 4) is 0 Å². The molecule has 0 aromatic carbocycles. The van der Waals surface area contributed by atoms with Crippen LogP contribution in [0.2, 0.25) is 0 Å². The maximum Gasteiger partial charge on any atom is 0.114 e. The van der Waals surface area contributed by atoms with Crippen molar-refractivity contribution in [3.63, 3.8) is 0 Å². The van der Waals surface area contributed by atoms with Gasteiger partial charge >= 0.3 is 0 Å². The van der Waals surface area contributed by atoms with Crippen LogP contribution in [0.25, 0.3) is 0 Å². The Balaban J connectivity index is 2.76. The van der Waals surface area contributed by atoms with E-state index in [9.17, 15) is 5.11 Å². The summed E-state index contributed by atoms with van der Waals surface area (Å²) in [6, 6.07) is -0.313. The second kappa shape index (κ2) is 2.98. The first kappa shape index (κ1) is 8.16. The second-order valence-electron chi connectivity index (χ2n) is 2.56. The van der Waals surface area contributed by atoms with E-state index < -0.39 is 6.10 Å². The topological polar surface area (TPSA) is 77.0 Å². The molecule has 1 rings (SSSR count). The lowest BCUT2D eigenvalue weighted by atomic mass is 10.1. The maximum absolute atomic E-state index is 9.37. The molecule has 3 N–H and O–H groups in total. The highest BCUT2D eigenvalue weighted by molar-refractivity contribution is 4.98. The van der Waals surface area contributed by atoms with Crippen LogP contribution in [-0.4, -0.2) is 26.1 Å². The number of rotatable bonds is 2. The molecular formula is C6H12N4O. The summed E-state index contributed by atoms with van der Waals surface area (Å²) in [7, 11) is 1.69. The van der Waals surface area contributed by atoms with Gasteiger partial charge in [0.1, 0.15) is 11.8 Å². The zero-order chi connectivity index (χ0) is 8.43. The monoisotopic (exact) mass is 156 g/mol. The van der Waals surface area contributed by atoms with E-state index in [0.29, 0.717) is 5.69 Å². The predicted molar refractivity (Wildman–Crippen MR) is 39.6 cm³/mol. The molecule has 5 heteroatoms. The van der Waals surface area contributed by atoms with Crippen molar-refractivity contribution < 1.29 is 5.11 Å². The highest BCUT2D eigenvalue weighted by Crippen LogP contribution is 2.10. The van der Waals surface area contributed by atoms with E-state index >= 15 is 0 Å². The Morgan fingerprint density at radius 3 is 2.73 bits per heavy atom. The zero-order valence-corrected chi connectivity index (χ0v) is 6.60. The summed E-state index contributed by atoms with van der Waals surface area (Å²) in [6.07, 6.45) is 0.789. The molecule has 0 spiro atoms. The number of nitrogens with two attached hydrogens (primary N) is 1. The molecule has 2 unspecified atom stereocenters. The van der Waals surface area contributed by atoms with E-state index in [-0.39, 0.29) is 6.04 Å². The third-order valence-corrected chi connectivity index (χ3v) is 1.42. The van der Waals surface area contributed by atoms with Gasteiger partial charge in [0, 0.05) is 13.1 Å². The first-order valence-corrected chi connectivity index (χ1v) is 3.41. The third-order valence-electron chi connectivity index (χ3n) is 1.42. The molecule has 0 radical (unpaired) electrons. The van der Waals surface area contributed by atoms with Crippen molar-refractivity contribution in [2.75, 3.05) is 0 Å². The van der Waals surface area contributed by atoms with Crippen LogP contribution < -0.4 is 5.73 Å². The standard InChI is InChI=1S/C6H12N4O/c1-4(7)6(11)5-3-8-10(2)9-5/h3-4,6,11H,7H2,1-2H3. The van der Waals surface area contributed by atoms with Gasteiger partial charge in [-0.25, -0.2) is 0 Å². The van der Waals surface area contributed by atoms with Gasteiger partial charge in [-0.3, -0.25) is 0 Å².